The highest BCUT2D eigenvalue weighted by atomic mass is 16.2. The summed E-state index contributed by atoms with van der Waals surface area (Å²) < 4.78 is 0. The van der Waals surface area contributed by atoms with E-state index in [-0.39, 0.29) is 23.1 Å². The molecule has 1 aromatic carbocycles. The lowest BCUT2D eigenvalue weighted by Crippen LogP contribution is -2.50. The summed E-state index contributed by atoms with van der Waals surface area (Å²) in [5.74, 6) is 0.456. The highest BCUT2D eigenvalue weighted by Gasteiger charge is 2.32. The van der Waals surface area contributed by atoms with Gasteiger partial charge >= 0.3 is 0 Å². The van der Waals surface area contributed by atoms with Gasteiger partial charge in [-0.25, -0.2) is 0 Å². The predicted octanol–water partition coefficient (Wildman–Crippen LogP) is 3.61. The van der Waals surface area contributed by atoms with E-state index in [0.717, 1.165) is 19.5 Å². The van der Waals surface area contributed by atoms with Gasteiger partial charge in [-0.3, -0.25) is 9.59 Å². The number of amides is 2. The van der Waals surface area contributed by atoms with Crippen molar-refractivity contribution in [3.8, 4) is 0 Å². The van der Waals surface area contributed by atoms with Crippen molar-refractivity contribution in [1.82, 2.24) is 10.2 Å². The second-order valence-corrected chi connectivity index (χ2v) is 8.70. The minimum Gasteiger partial charge on any atom is -0.341 e. The van der Waals surface area contributed by atoms with Crippen LogP contribution in [0.3, 0.4) is 0 Å². The molecule has 2 unspecified atom stereocenters. The van der Waals surface area contributed by atoms with E-state index >= 15 is 0 Å². The fourth-order valence-electron chi connectivity index (χ4n) is 3.19. The van der Waals surface area contributed by atoms with Gasteiger partial charge in [0.1, 0.15) is 6.04 Å². The molecule has 0 spiro atoms. The molecule has 4 heteroatoms. The Bertz CT molecular complexity index is 614. The van der Waals surface area contributed by atoms with Gasteiger partial charge < -0.3 is 10.2 Å². The molecule has 0 aliphatic carbocycles. The number of likely N-dealkylation sites (tertiary alicyclic amines) is 1. The third-order valence-electron chi connectivity index (χ3n) is 4.97. The monoisotopic (exact) mass is 344 g/mol. The van der Waals surface area contributed by atoms with Crippen molar-refractivity contribution in [3.63, 3.8) is 0 Å². The normalized spacial score (nSPS) is 19.2. The van der Waals surface area contributed by atoms with Gasteiger partial charge in [0, 0.05) is 18.7 Å². The van der Waals surface area contributed by atoms with Gasteiger partial charge in [-0.2, -0.15) is 0 Å². The van der Waals surface area contributed by atoms with Gasteiger partial charge in [0.05, 0.1) is 0 Å². The van der Waals surface area contributed by atoms with Crippen LogP contribution in [-0.4, -0.2) is 35.8 Å². The second kappa shape index (κ2) is 7.59. The number of carbonyl (C=O) groups excluding carboxylic acids is 2. The Morgan fingerprint density at radius 1 is 1.16 bits per heavy atom. The third-order valence-corrected chi connectivity index (χ3v) is 4.97. The van der Waals surface area contributed by atoms with E-state index in [1.165, 1.54) is 5.56 Å². The Labute approximate surface area is 152 Å². The van der Waals surface area contributed by atoms with Crippen molar-refractivity contribution in [1.29, 1.82) is 0 Å². The maximum atomic E-state index is 12.8. The second-order valence-electron chi connectivity index (χ2n) is 8.70. The van der Waals surface area contributed by atoms with Gasteiger partial charge in [0.25, 0.3) is 5.91 Å². The largest absolute Gasteiger partial charge is 0.341 e. The molecule has 4 nitrogen and oxygen atoms in total. The van der Waals surface area contributed by atoms with E-state index in [9.17, 15) is 9.59 Å². The van der Waals surface area contributed by atoms with Crippen LogP contribution in [0.1, 0.15) is 63.9 Å². The number of nitrogens with zero attached hydrogens (tertiary/aromatic N) is 1. The lowest BCUT2D eigenvalue weighted by Gasteiger charge is -2.27. The predicted molar refractivity (Wildman–Crippen MR) is 102 cm³/mol. The minimum absolute atomic E-state index is 0.0408. The molecule has 1 saturated heterocycles. The van der Waals surface area contributed by atoms with Gasteiger partial charge in [-0.15, -0.1) is 0 Å². The fourth-order valence-corrected chi connectivity index (χ4v) is 3.19. The highest BCUT2D eigenvalue weighted by Crippen LogP contribution is 2.22. The lowest BCUT2D eigenvalue weighted by molar-refractivity contribution is -0.133. The molecular weight excluding hydrogens is 312 g/mol. The zero-order valence-electron chi connectivity index (χ0n) is 16.4. The molecule has 0 radical (unpaired) electrons. The Kier molecular flexibility index (Phi) is 5.91. The fraction of sp³-hybridized carbons (Fsp3) is 0.619. The number of nitrogens with one attached hydrogen (secondary N) is 1. The molecule has 1 heterocycles. The summed E-state index contributed by atoms with van der Waals surface area (Å²) >= 11 is 0. The summed E-state index contributed by atoms with van der Waals surface area (Å²) in [6.45, 7) is 14.1. The van der Waals surface area contributed by atoms with Gasteiger partial charge in [-0.1, -0.05) is 53.7 Å². The summed E-state index contributed by atoms with van der Waals surface area (Å²) in [6, 6.07) is 7.19. The van der Waals surface area contributed by atoms with Gasteiger partial charge in [0.15, 0.2) is 0 Å². The van der Waals surface area contributed by atoms with E-state index < -0.39 is 6.04 Å². The van der Waals surface area contributed by atoms with E-state index in [1.54, 1.807) is 0 Å². The van der Waals surface area contributed by atoms with Gasteiger partial charge in [0.2, 0.25) is 5.91 Å². The van der Waals surface area contributed by atoms with Crippen LogP contribution in [0.4, 0.5) is 0 Å². The molecule has 1 aliphatic rings. The number of benzene rings is 1. The first-order chi connectivity index (χ1) is 11.6. The standard InChI is InChI=1S/C21H32N2O2/c1-14(2)18(20(25)23-12-11-15(3)13-23)22-19(24)16-7-9-17(10-8-16)21(4,5)6/h7-10,14-15,18H,11-13H2,1-6H3,(H,22,24). The van der Waals surface area contributed by atoms with Crippen LogP contribution in [0.5, 0.6) is 0 Å². The molecule has 1 fully saturated rings. The molecule has 0 saturated carbocycles. The topological polar surface area (TPSA) is 49.4 Å². The van der Waals surface area contributed by atoms with Crippen molar-refractivity contribution < 1.29 is 9.59 Å². The maximum absolute atomic E-state index is 12.8. The molecule has 1 N–H and O–H groups in total. The summed E-state index contributed by atoms with van der Waals surface area (Å²) in [7, 11) is 0. The first kappa shape index (κ1) is 19.5. The van der Waals surface area contributed by atoms with Crippen LogP contribution in [0.15, 0.2) is 24.3 Å². The van der Waals surface area contributed by atoms with Gasteiger partial charge in [-0.05, 0) is 41.4 Å². The summed E-state index contributed by atoms with van der Waals surface area (Å²) in [6.07, 6.45) is 1.04. The molecule has 1 aromatic rings. The quantitative estimate of drug-likeness (QED) is 0.907. The van der Waals surface area contributed by atoms with E-state index in [1.807, 2.05) is 43.0 Å². The molecule has 1 aliphatic heterocycles. The first-order valence-corrected chi connectivity index (χ1v) is 9.29. The average molecular weight is 344 g/mol. The third kappa shape index (κ3) is 4.83. The van der Waals surface area contributed by atoms with Crippen molar-refractivity contribution in [3.05, 3.63) is 35.4 Å². The molecule has 0 aromatic heterocycles. The van der Waals surface area contributed by atoms with Crippen LogP contribution in [-0.2, 0) is 10.2 Å². The van der Waals surface area contributed by atoms with Crippen molar-refractivity contribution in [2.75, 3.05) is 13.1 Å². The van der Waals surface area contributed by atoms with E-state index in [2.05, 4.69) is 33.0 Å². The molecule has 25 heavy (non-hydrogen) atoms. The number of rotatable bonds is 4. The Morgan fingerprint density at radius 3 is 2.20 bits per heavy atom. The molecular formula is C21H32N2O2. The summed E-state index contributed by atoms with van der Waals surface area (Å²) in [5, 5.41) is 2.95. The van der Waals surface area contributed by atoms with Crippen LogP contribution in [0.25, 0.3) is 0 Å². The number of hydrogen-bond acceptors (Lipinski definition) is 2. The molecule has 2 rings (SSSR count). The first-order valence-electron chi connectivity index (χ1n) is 9.29. The van der Waals surface area contributed by atoms with Crippen molar-refractivity contribution >= 4 is 11.8 Å². The zero-order chi connectivity index (χ0) is 18.8. The molecule has 2 atom stereocenters. The Balaban J connectivity index is 2.08. The maximum Gasteiger partial charge on any atom is 0.251 e. The van der Waals surface area contributed by atoms with Crippen LogP contribution >= 0.6 is 0 Å². The zero-order valence-corrected chi connectivity index (χ0v) is 16.4. The Hall–Kier alpha value is -1.84. The SMILES string of the molecule is CC1CCN(C(=O)C(NC(=O)c2ccc(C(C)(C)C)cc2)C(C)C)C1. The number of carbonyl (C=O) groups is 2. The van der Waals surface area contributed by atoms with E-state index in [0.29, 0.717) is 11.5 Å². The molecule has 138 valence electrons. The molecule has 0 bridgehead atoms. The smallest absolute Gasteiger partial charge is 0.251 e. The van der Waals surface area contributed by atoms with Crippen LogP contribution < -0.4 is 5.32 Å². The van der Waals surface area contributed by atoms with Crippen LogP contribution in [0, 0.1) is 11.8 Å². The minimum atomic E-state index is -0.472. The van der Waals surface area contributed by atoms with Crippen molar-refractivity contribution in [2.24, 2.45) is 11.8 Å². The number of hydrogen-bond donors (Lipinski definition) is 1. The van der Waals surface area contributed by atoms with Crippen molar-refractivity contribution in [2.45, 2.75) is 59.4 Å². The molecule has 2 amide bonds. The summed E-state index contributed by atoms with van der Waals surface area (Å²) in [5.41, 5.74) is 1.84. The lowest BCUT2D eigenvalue weighted by atomic mass is 9.86. The van der Waals surface area contributed by atoms with E-state index in [4.69, 9.17) is 0 Å². The average Bonchev–Trinajstić information content (AvgIpc) is 2.97. The van der Waals surface area contributed by atoms with Crippen LogP contribution in [0.2, 0.25) is 0 Å². The summed E-state index contributed by atoms with van der Waals surface area (Å²) in [4.78, 5) is 27.3. The highest BCUT2D eigenvalue weighted by molar-refractivity contribution is 5.97. The Morgan fingerprint density at radius 2 is 1.76 bits per heavy atom.